The minimum absolute atomic E-state index is 0.0167. The van der Waals surface area contributed by atoms with Crippen LogP contribution >= 0.6 is 0 Å². The Balaban J connectivity index is 3.18. The van der Waals surface area contributed by atoms with Crippen LogP contribution in [0.1, 0.15) is 5.56 Å². The number of hydrogen-bond acceptors (Lipinski definition) is 2. The minimum atomic E-state index is -0.711. The maximum Gasteiger partial charge on any atom is 0.175 e. The predicted octanol–water partition coefficient (Wildman–Crippen LogP) is 1.95. The highest BCUT2D eigenvalue weighted by Crippen LogP contribution is 2.23. The van der Waals surface area contributed by atoms with Crippen LogP contribution in [-0.4, -0.2) is 13.7 Å². The van der Waals surface area contributed by atoms with Gasteiger partial charge in [-0.1, -0.05) is 12.2 Å². The standard InChI is InChI=1S/C10H11F2NO/c1-14-9-5-4-8(11)7(10(9)12)3-2-6-13/h2-5H,6,13H2,1H3/b3-2+. The van der Waals surface area contributed by atoms with Gasteiger partial charge in [0.05, 0.1) is 7.11 Å². The van der Waals surface area contributed by atoms with Gasteiger partial charge < -0.3 is 10.5 Å². The van der Waals surface area contributed by atoms with Gasteiger partial charge in [0.15, 0.2) is 11.6 Å². The second-order valence-electron chi connectivity index (χ2n) is 2.62. The Hall–Kier alpha value is -1.42. The highest BCUT2D eigenvalue weighted by Gasteiger charge is 2.10. The normalized spacial score (nSPS) is 10.9. The van der Waals surface area contributed by atoms with Gasteiger partial charge in [-0.15, -0.1) is 0 Å². The number of benzene rings is 1. The summed E-state index contributed by atoms with van der Waals surface area (Å²) in [7, 11) is 1.33. The van der Waals surface area contributed by atoms with Crippen molar-refractivity contribution in [2.45, 2.75) is 0 Å². The van der Waals surface area contributed by atoms with Gasteiger partial charge in [0.25, 0.3) is 0 Å². The van der Waals surface area contributed by atoms with E-state index in [4.69, 9.17) is 10.5 Å². The Kier molecular flexibility index (Phi) is 3.59. The smallest absolute Gasteiger partial charge is 0.175 e. The Morgan fingerprint density at radius 1 is 1.43 bits per heavy atom. The SMILES string of the molecule is COc1ccc(F)c(/C=C/CN)c1F. The molecule has 0 amide bonds. The molecule has 0 atom stereocenters. The van der Waals surface area contributed by atoms with Crippen molar-refractivity contribution in [2.75, 3.05) is 13.7 Å². The molecule has 0 spiro atoms. The lowest BCUT2D eigenvalue weighted by Gasteiger charge is -2.04. The van der Waals surface area contributed by atoms with Crippen LogP contribution in [0.5, 0.6) is 5.75 Å². The van der Waals surface area contributed by atoms with Gasteiger partial charge in [-0.2, -0.15) is 0 Å². The van der Waals surface area contributed by atoms with Crippen LogP contribution in [0.15, 0.2) is 18.2 Å². The Labute approximate surface area is 81.0 Å². The van der Waals surface area contributed by atoms with Crippen molar-refractivity contribution in [1.29, 1.82) is 0 Å². The lowest BCUT2D eigenvalue weighted by molar-refractivity contribution is 0.383. The van der Waals surface area contributed by atoms with Gasteiger partial charge in [0.1, 0.15) is 5.82 Å². The summed E-state index contributed by atoms with van der Waals surface area (Å²) in [4.78, 5) is 0. The fraction of sp³-hybridized carbons (Fsp3) is 0.200. The summed E-state index contributed by atoms with van der Waals surface area (Å²) in [5, 5.41) is 0. The van der Waals surface area contributed by atoms with E-state index in [1.165, 1.54) is 25.3 Å². The van der Waals surface area contributed by atoms with E-state index in [-0.39, 0.29) is 17.9 Å². The zero-order chi connectivity index (χ0) is 10.6. The predicted molar refractivity (Wildman–Crippen MR) is 51.0 cm³/mol. The van der Waals surface area contributed by atoms with Crippen LogP contribution in [0.4, 0.5) is 8.78 Å². The molecule has 0 aliphatic heterocycles. The molecule has 2 nitrogen and oxygen atoms in total. The maximum absolute atomic E-state index is 13.4. The molecule has 0 radical (unpaired) electrons. The van der Waals surface area contributed by atoms with Crippen LogP contribution in [0.2, 0.25) is 0 Å². The van der Waals surface area contributed by atoms with Gasteiger partial charge in [-0.3, -0.25) is 0 Å². The van der Waals surface area contributed by atoms with E-state index in [0.29, 0.717) is 0 Å². The lowest BCUT2D eigenvalue weighted by Crippen LogP contribution is -1.96. The van der Waals surface area contributed by atoms with Crippen molar-refractivity contribution in [2.24, 2.45) is 5.73 Å². The summed E-state index contributed by atoms with van der Waals surface area (Å²) < 4.78 is 31.2. The Morgan fingerprint density at radius 2 is 2.14 bits per heavy atom. The molecule has 1 aromatic carbocycles. The van der Waals surface area contributed by atoms with Crippen LogP contribution in [0, 0.1) is 11.6 Å². The van der Waals surface area contributed by atoms with E-state index >= 15 is 0 Å². The molecule has 2 N–H and O–H groups in total. The number of halogens is 2. The molecule has 0 heterocycles. The molecule has 76 valence electrons. The van der Waals surface area contributed by atoms with Crippen LogP contribution in [0.25, 0.3) is 6.08 Å². The van der Waals surface area contributed by atoms with Crippen molar-refractivity contribution >= 4 is 6.08 Å². The third-order valence-electron chi connectivity index (χ3n) is 1.73. The first-order chi connectivity index (χ1) is 6.70. The van der Waals surface area contributed by atoms with Crippen molar-refractivity contribution in [3.63, 3.8) is 0 Å². The molecule has 0 bridgehead atoms. The first-order valence-electron chi connectivity index (χ1n) is 4.09. The quantitative estimate of drug-likeness (QED) is 0.807. The monoisotopic (exact) mass is 199 g/mol. The van der Waals surface area contributed by atoms with Gasteiger partial charge in [-0.25, -0.2) is 8.78 Å². The summed E-state index contributed by atoms with van der Waals surface area (Å²) in [5.41, 5.74) is 5.05. The first-order valence-corrected chi connectivity index (χ1v) is 4.09. The van der Waals surface area contributed by atoms with Crippen molar-refractivity contribution in [3.8, 4) is 5.75 Å². The van der Waals surface area contributed by atoms with Crippen LogP contribution in [0.3, 0.4) is 0 Å². The molecule has 4 heteroatoms. The van der Waals surface area contributed by atoms with Crippen LogP contribution in [-0.2, 0) is 0 Å². The molecule has 0 saturated heterocycles. The number of nitrogens with two attached hydrogens (primary N) is 1. The van der Waals surface area contributed by atoms with E-state index in [1.54, 1.807) is 0 Å². The van der Waals surface area contributed by atoms with E-state index in [9.17, 15) is 8.78 Å². The second kappa shape index (κ2) is 4.72. The topological polar surface area (TPSA) is 35.2 Å². The van der Waals surface area contributed by atoms with Crippen molar-refractivity contribution in [3.05, 3.63) is 35.4 Å². The van der Waals surface area contributed by atoms with E-state index in [0.717, 1.165) is 6.07 Å². The maximum atomic E-state index is 13.4. The average Bonchev–Trinajstić information content (AvgIpc) is 2.18. The highest BCUT2D eigenvalue weighted by atomic mass is 19.1. The number of rotatable bonds is 3. The fourth-order valence-corrected chi connectivity index (χ4v) is 1.05. The van der Waals surface area contributed by atoms with E-state index in [2.05, 4.69) is 0 Å². The third-order valence-corrected chi connectivity index (χ3v) is 1.73. The number of methoxy groups -OCH3 is 1. The molecular weight excluding hydrogens is 188 g/mol. The van der Waals surface area contributed by atoms with E-state index < -0.39 is 11.6 Å². The third kappa shape index (κ3) is 2.09. The molecule has 0 unspecified atom stereocenters. The number of hydrogen-bond donors (Lipinski definition) is 1. The highest BCUT2D eigenvalue weighted by molar-refractivity contribution is 5.54. The van der Waals surface area contributed by atoms with Gasteiger partial charge in [-0.05, 0) is 12.1 Å². The zero-order valence-electron chi connectivity index (χ0n) is 7.76. The van der Waals surface area contributed by atoms with Crippen molar-refractivity contribution in [1.82, 2.24) is 0 Å². The molecule has 0 aromatic heterocycles. The summed E-state index contributed by atoms with van der Waals surface area (Å²) in [6.07, 6.45) is 2.77. The second-order valence-corrected chi connectivity index (χ2v) is 2.62. The molecule has 0 fully saturated rings. The Bertz CT molecular complexity index is 350. The summed E-state index contributed by atoms with van der Waals surface area (Å²) in [6, 6.07) is 2.39. The van der Waals surface area contributed by atoms with Crippen LogP contribution < -0.4 is 10.5 Å². The van der Waals surface area contributed by atoms with E-state index in [1.807, 2.05) is 0 Å². The molecule has 0 saturated carbocycles. The lowest BCUT2D eigenvalue weighted by atomic mass is 10.1. The minimum Gasteiger partial charge on any atom is -0.494 e. The summed E-state index contributed by atoms with van der Waals surface area (Å²) >= 11 is 0. The van der Waals surface area contributed by atoms with Gasteiger partial charge in [0, 0.05) is 12.1 Å². The Morgan fingerprint density at radius 3 is 2.71 bits per heavy atom. The first kappa shape index (κ1) is 10.7. The zero-order valence-corrected chi connectivity index (χ0v) is 7.76. The molecular formula is C10H11F2NO. The largest absolute Gasteiger partial charge is 0.494 e. The van der Waals surface area contributed by atoms with Gasteiger partial charge in [0.2, 0.25) is 0 Å². The molecule has 14 heavy (non-hydrogen) atoms. The summed E-state index contributed by atoms with van der Waals surface area (Å²) in [5.74, 6) is -1.33. The van der Waals surface area contributed by atoms with Gasteiger partial charge >= 0.3 is 0 Å². The number of ether oxygens (including phenoxy) is 1. The van der Waals surface area contributed by atoms with Crippen molar-refractivity contribution < 1.29 is 13.5 Å². The fourth-order valence-electron chi connectivity index (χ4n) is 1.05. The molecule has 0 aliphatic rings. The molecule has 0 aliphatic carbocycles. The average molecular weight is 199 g/mol. The molecule has 1 aromatic rings. The summed E-state index contributed by atoms with van der Waals surface area (Å²) in [6.45, 7) is 0.232. The molecule has 1 rings (SSSR count).